The summed E-state index contributed by atoms with van der Waals surface area (Å²) < 4.78 is 0.906. The molecule has 0 radical (unpaired) electrons. The quantitative estimate of drug-likeness (QED) is 0.501. The third-order valence-electron chi connectivity index (χ3n) is 2.20. The molecule has 0 heterocycles. The van der Waals surface area contributed by atoms with E-state index in [-0.39, 0.29) is 0 Å². The Morgan fingerprint density at radius 3 is 2.25 bits per heavy atom. The molecule has 0 saturated heterocycles. The molecule has 0 atom stereocenters. The molecule has 0 amide bonds. The second-order valence-electron chi connectivity index (χ2n) is 3.26. The van der Waals surface area contributed by atoms with Gasteiger partial charge in [-0.2, -0.15) is 0 Å². The lowest BCUT2D eigenvalue weighted by molar-refractivity contribution is 1.44. The lowest BCUT2D eigenvalue weighted by Gasteiger charge is -2.09. The van der Waals surface area contributed by atoms with Gasteiger partial charge in [-0.3, -0.25) is 0 Å². The molecule has 0 aliphatic carbocycles. The fourth-order valence-electron chi connectivity index (χ4n) is 1.43. The SMILES string of the molecule is Sc1ccccc1-c1cc(Cl)c(Cl)cc1Br. The van der Waals surface area contributed by atoms with Crippen LogP contribution >= 0.6 is 51.8 Å². The summed E-state index contributed by atoms with van der Waals surface area (Å²) >= 11 is 19.8. The van der Waals surface area contributed by atoms with Crippen LogP contribution < -0.4 is 0 Å². The van der Waals surface area contributed by atoms with Crippen LogP contribution in [0.1, 0.15) is 0 Å². The van der Waals surface area contributed by atoms with E-state index in [1.807, 2.05) is 30.3 Å². The Morgan fingerprint density at radius 1 is 0.938 bits per heavy atom. The Hall–Kier alpha value is -0.150. The van der Waals surface area contributed by atoms with Crippen LogP contribution in [0.15, 0.2) is 45.8 Å². The predicted molar refractivity (Wildman–Crippen MR) is 76.9 cm³/mol. The van der Waals surface area contributed by atoms with Gasteiger partial charge in [0.15, 0.2) is 0 Å². The lowest BCUT2D eigenvalue weighted by Crippen LogP contribution is -1.83. The van der Waals surface area contributed by atoms with Crippen LogP contribution in [0.3, 0.4) is 0 Å². The molecular weight excluding hydrogens is 327 g/mol. The third kappa shape index (κ3) is 2.40. The minimum Gasteiger partial charge on any atom is -0.143 e. The van der Waals surface area contributed by atoms with Crippen LogP contribution in [-0.4, -0.2) is 0 Å². The molecular formula is C12H7BrCl2S. The molecule has 0 saturated carbocycles. The Kier molecular flexibility index (Phi) is 3.85. The van der Waals surface area contributed by atoms with E-state index in [0.717, 1.165) is 20.5 Å². The number of hydrogen-bond acceptors (Lipinski definition) is 1. The van der Waals surface area contributed by atoms with Gasteiger partial charge in [0, 0.05) is 9.37 Å². The van der Waals surface area contributed by atoms with Gasteiger partial charge in [-0.05, 0) is 29.3 Å². The molecule has 0 nitrogen and oxygen atoms in total. The highest BCUT2D eigenvalue weighted by Crippen LogP contribution is 2.37. The fraction of sp³-hybridized carbons (Fsp3) is 0. The highest BCUT2D eigenvalue weighted by atomic mass is 79.9. The first-order valence-electron chi connectivity index (χ1n) is 4.52. The number of benzene rings is 2. The van der Waals surface area contributed by atoms with E-state index in [2.05, 4.69) is 28.6 Å². The van der Waals surface area contributed by atoms with Gasteiger partial charge in [-0.25, -0.2) is 0 Å². The average Bonchev–Trinajstić information content (AvgIpc) is 2.25. The van der Waals surface area contributed by atoms with Crippen molar-refractivity contribution in [1.29, 1.82) is 0 Å². The van der Waals surface area contributed by atoms with E-state index in [1.165, 1.54) is 0 Å². The Morgan fingerprint density at radius 2 is 1.56 bits per heavy atom. The summed E-state index contributed by atoms with van der Waals surface area (Å²) in [6, 6.07) is 11.5. The third-order valence-corrected chi connectivity index (χ3v) is 3.97. The molecule has 0 N–H and O–H groups in total. The van der Waals surface area contributed by atoms with Crippen molar-refractivity contribution in [3.05, 3.63) is 50.9 Å². The van der Waals surface area contributed by atoms with Crippen LogP contribution in [0, 0.1) is 0 Å². The summed E-state index contributed by atoms with van der Waals surface area (Å²) in [6.07, 6.45) is 0. The monoisotopic (exact) mass is 332 g/mol. The zero-order chi connectivity index (χ0) is 11.7. The summed E-state index contributed by atoms with van der Waals surface area (Å²) in [5.41, 5.74) is 2.01. The molecule has 16 heavy (non-hydrogen) atoms. The van der Waals surface area contributed by atoms with E-state index in [9.17, 15) is 0 Å². The van der Waals surface area contributed by atoms with Gasteiger partial charge in [0.1, 0.15) is 0 Å². The molecule has 0 aliphatic rings. The zero-order valence-corrected chi connectivity index (χ0v) is 12.0. The van der Waals surface area contributed by atoms with Crippen molar-refractivity contribution < 1.29 is 0 Å². The van der Waals surface area contributed by atoms with Gasteiger partial charge in [0.05, 0.1) is 10.0 Å². The molecule has 2 aromatic carbocycles. The smallest absolute Gasteiger partial charge is 0.0603 e. The van der Waals surface area contributed by atoms with E-state index in [4.69, 9.17) is 23.2 Å². The van der Waals surface area contributed by atoms with Crippen molar-refractivity contribution >= 4 is 51.8 Å². The van der Waals surface area contributed by atoms with Crippen LogP contribution in [0.5, 0.6) is 0 Å². The van der Waals surface area contributed by atoms with Crippen molar-refractivity contribution in [3.63, 3.8) is 0 Å². The largest absolute Gasteiger partial charge is 0.143 e. The van der Waals surface area contributed by atoms with Crippen LogP contribution in [-0.2, 0) is 0 Å². The molecule has 0 aromatic heterocycles. The van der Waals surface area contributed by atoms with Gasteiger partial charge >= 0.3 is 0 Å². The topological polar surface area (TPSA) is 0 Å². The van der Waals surface area contributed by atoms with Gasteiger partial charge in [0.2, 0.25) is 0 Å². The summed E-state index contributed by atoms with van der Waals surface area (Å²) in [4.78, 5) is 0.904. The molecule has 4 heteroatoms. The second-order valence-corrected chi connectivity index (χ2v) is 5.41. The van der Waals surface area contributed by atoms with E-state index in [1.54, 1.807) is 6.07 Å². The summed E-state index contributed by atoms with van der Waals surface area (Å²) in [5, 5.41) is 1.07. The van der Waals surface area contributed by atoms with Crippen LogP contribution in [0.4, 0.5) is 0 Å². The average molecular weight is 334 g/mol. The van der Waals surface area contributed by atoms with E-state index in [0.29, 0.717) is 10.0 Å². The maximum absolute atomic E-state index is 6.01. The first kappa shape index (κ1) is 12.3. The Balaban J connectivity index is 2.65. The van der Waals surface area contributed by atoms with Crippen LogP contribution in [0.2, 0.25) is 10.0 Å². The van der Waals surface area contributed by atoms with Gasteiger partial charge in [0.25, 0.3) is 0 Å². The lowest BCUT2D eigenvalue weighted by atomic mass is 10.1. The Bertz CT molecular complexity index is 541. The number of halogens is 3. The van der Waals surface area contributed by atoms with Crippen molar-refractivity contribution in [2.24, 2.45) is 0 Å². The van der Waals surface area contributed by atoms with Crippen molar-refractivity contribution in [1.82, 2.24) is 0 Å². The van der Waals surface area contributed by atoms with Crippen molar-refractivity contribution in [3.8, 4) is 11.1 Å². The molecule has 2 aromatic rings. The summed E-state index contributed by atoms with van der Waals surface area (Å²) in [6.45, 7) is 0. The first-order chi connectivity index (χ1) is 7.59. The maximum Gasteiger partial charge on any atom is 0.0603 e. The van der Waals surface area contributed by atoms with Crippen LogP contribution in [0.25, 0.3) is 11.1 Å². The number of hydrogen-bond donors (Lipinski definition) is 1. The minimum absolute atomic E-state index is 0.536. The maximum atomic E-state index is 6.01. The summed E-state index contributed by atoms with van der Waals surface area (Å²) in [5.74, 6) is 0. The minimum atomic E-state index is 0.536. The molecule has 0 aliphatic heterocycles. The van der Waals surface area contributed by atoms with Gasteiger partial charge in [-0.1, -0.05) is 57.3 Å². The normalized spacial score (nSPS) is 10.5. The number of rotatable bonds is 1. The highest BCUT2D eigenvalue weighted by Gasteiger charge is 2.09. The molecule has 2 rings (SSSR count). The molecule has 82 valence electrons. The second kappa shape index (κ2) is 5.01. The predicted octanol–water partition coefficient (Wildman–Crippen LogP) is 5.71. The number of thiol groups is 1. The molecule has 0 fully saturated rings. The standard InChI is InChI=1S/C12H7BrCl2S/c13-9-6-11(15)10(14)5-8(9)7-3-1-2-4-12(7)16/h1-6,16H. The van der Waals surface area contributed by atoms with Crippen molar-refractivity contribution in [2.75, 3.05) is 0 Å². The molecule has 0 bridgehead atoms. The molecule has 0 spiro atoms. The molecule has 0 unspecified atom stereocenters. The van der Waals surface area contributed by atoms with Crippen molar-refractivity contribution in [2.45, 2.75) is 4.90 Å². The van der Waals surface area contributed by atoms with Gasteiger partial charge < -0.3 is 0 Å². The zero-order valence-electron chi connectivity index (χ0n) is 8.05. The van der Waals surface area contributed by atoms with E-state index >= 15 is 0 Å². The first-order valence-corrected chi connectivity index (χ1v) is 6.52. The van der Waals surface area contributed by atoms with E-state index < -0.39 is 0 Å². The highest BCUT2D eigenvalue weighted by molar-refractivity contribution is 9.10. The summed E-state index contributed by atoms with van der Waals surface area (Å²) in [7, 11) is 0. The Labute approximate surface area is 118 Å². The fourth-order valence-corrected chi connectivity index (χ4v) is 2.73. The van der Waals surface area contributed by atoms with Gasteiger partial charge in [-0.15, -0.1) is 12.6 Å².